The van der Waals surface area contributed by atoms with Gasteiger partial charge in [0, 0.05) is 23.2 Å². The molecule has 0 radical (unpaired) electrons. The number of rotatable bonds is 10. The van der Waals surface area contributed by atoms with Crippen LogP contribution in [0.5, 0.6) is 17.2 Å². The summed E-state index contributed by atoms with van der Waals surface area (Å²) in [6, 6.07) is 14.8. The number of nitrogens with zero attached hydrogens (tertiary/aromatic N) is 2. The fourth-order valence-corrected chi connectivity index (χ4v) is 3.97. The Morgan fingerprint density at radius 2 is 1.76 bits per heavy atom. The number of anilines is 2. The van der Waals surface area contributed by atoms with E-state index < -0.39 is 0 Å². The number of benzene rings is 2. The van der Waals surface area contributed by atoms with E-state index in [2.05, 4.69) is 20.6 Å². The summed E-state index contributed by atoms with van der Waals surface area (Å²) in [7, 11) is 4.68. The second-order valence-corrected chi connectivity index (χ2v) is 8.00. The zero-order valence-electron chi connectivity index (χ0n) is 19.0. The van der Waals surface area contributed by atoms with Gasteiger partial charge in [-0.1, -0.05) is 23.9 Å². The number of methoxy groups -OCH3 is 3. The molecule has 4 rings (SSSR count). The van der Waals surface area contributed by atoms with Crippen molar-refractivity contribution in [1.82, 2.24) is 15.3 Å². The molecule has 2 heterocycles. The Balaban J connectivity index is 1.56. The standard InChI is InChI=1S/C24H24N4O5S/c1-30-19-11-15(12-20(31-2)22(19)32-3)26-23-17-8-4-5-9-18(17)27-24(28-23)34-14-21(29)25-13-16-7-6-10-33-16/h4-12H,13-14H2,1-3H3,(H,25,29)(H,26,27,28). The molecule has 0 aliphatic rings. The maximum atomic E-state index is 12.3. The number of fused-ring (bicyclic) bond motifs is 1. The Labute approximate surface area is 200 Å². The summed E-state index contributed by atoms with van der Waals surface area (Å²) in [5, 5.41) is 7.46. The van der Waals surface area contributed by atoms with Crippen molar-refractivity contribution < 1.29 is 23.4 Å². The molecule has 0 aliphatic heterocycles. The van der Waals surface area contributed by atoms with Crippen molar-refractivity contribution in [2.45, 2.75) is 11.7 Å². The van der Waals surface area contributed by atoms with E-state index >= 15 is 0 Å². The molecule has 34 heavy (non-hydrogen) atoms. The summed E-state index contributed by atoms with van der Waals surface area (Å²) in [6.45, 7) is 0.332. The van der Waals surface area contributed by atoms with Crippen LogP contribution in [0, 0.1) is 0 Å². The number of hydrogen-bond donors (Lipinski definition) is 2. The Bertz CT molecular complexity index is 1250. The van der Waals surface area contributed by atoms with Gasteiger partial charge in [-0.2, -0.15) is 0 Å². The van der Waals surface area contributed by atoms with E-state index in [0.717, 1.165) is 10.9 Å². The molecule has 0 fully saturated rings. The predicted molar refractivity (Wildman–Crippen MR) is 130 cm³/mol. The van der Waals surface area contributed by atoms with Crippen LogP contribution in [0.25, 0.3) is 10.9 Å². The highest BCUT2D eigenvalue weighted by atomic mass is 32.2. The number of furan rings is 1. The van der Waals surface area contributed by atoms with Crippen molar-refractivity contribution in [3.63, 3.8) is 0 Å². The number of ether oxygens (including phenoxy) is 3. The van der Waals surface area contributed by atoms with E-state index in [4.69, 9.17) is 18.6 Å². The van der Waals surface area contributed by atoms with Crippen LogP contribution >= 0.6 is 11.8 Å². The molecule has 0 spiro atoms. The molecule has 10 heteroatoms. The van der Waals surface area contributed by atoms with Crippen molar-refractivity contribution in [2.75, 3.05) is 32.4 Å². The molecule has 0 aliphatic carbocycles. The van der Waals surface area contributed by atoms with Crippen LogP contribution in [0.4, 0.5) is 11.5 Å². The number of para-hydroxylation sites is 1. The first-order chi connectivity index (χ1) is 16.6. The van der Waals surface area contributed by atoms with Crippen molar-refractivity contribution in [3.05, 3.63) is 60.6 Å². The average molecular weight is 481 g/mol. The smallest absolute Gasteiger partial charge is 0.230 e. The monoisotopic (exact) mass is 480 g/mol. The number of amides is 1. The van der Waals surface area contributed by atoms with Crippen molar-refractivity contribution in [1.29, 1.82) is 0 Å². The maximum Gasteiger partial charge on any atom is 0.230 e. The zero-order valence-corrected chi connectivity index (χ0v) is 19.8. The van der Waals surface area contributed by atoms with Gasteiger partial charge in [0.05, 0.1) is 45.4 Å². The quantitative estimate of drug-likeness (QED) is 0.252. The van der Waals surface area contributed by atoms with E-state index in [1.807, 2.05) is 24.3 Å². The molecule has 0 atom stereocenters. The van der Waals surface area contributed by atoms with E-state index in [1.165, 1.54) is 11.8 Å². The van der Waals surface area contributed by atoms with E-state index in [9.17, 15) is 4.79 Å². The number of nitrogens with one attached hydrogen (secondary N) is 2. The van der Waals surface area contributed by atoms with E-state index in [1.54, 1.807) is 51.9 Å². The van der Waals surface area contributed by atoms with Crippen molar-refractivity contribution in [3.8, 4) is 17.2 Å². The summed E-state index contributed by atoms with van der Waals surface area (Å²) < 4.78 is 21.5. The van der Waals surface area contributed by atoms with E-state index in [-0.39, 0.29) is 11.7 Å². The lowest BCUT2D eigenvalue weighted by molar-refractivity contribution is -0.118. The Kier molecular flexibility index (Phi) is 7.38. The Morgan fingerprint density at radius 1 is 1.00 bits per heavy atom. The summed E-state index contributed by atoms with van der Waals surface area (Å²) >= 11 is 1.25. The number of aromatic nitrogens is 2. The predicted octanol–water partition coefficient (Wildman–Crippen LogP) is 4.40. The third-order valence-electron chi connectivity index (χ3n) is 4.88. The van der Waals surface area contributed by atoms with E-state index in [0.29, 0.717) is 46.2 Å². The lowest BCUT2D eigenvalue weighted by Gasteiger charge is -2.16. The second kappa shape index (κ2) is 10.8. The lowest BCUT2D eigenvalue weighted by atomic mass is 10.2. The highest BCUT2D eigenvalue weighted by Crippen LogP contribution is 2.41. The summed E-state index contributed by atoms with van der Waals surface area (Å²) in [5.74, 6) is 2.85. The topological polar surface area (TPSA) is 108 Å². The number of carbonyl (C=O) groups is 1. The molecule has 9 nitrogen and oxygen atoms in total. The van der Waals surface area contributed by atoms with Gasteiger partial charge < -0.3 is 29.3 Å². The van der Waals surface area contributed by atoms with Crippen LogP contribution in [0.1, 0.15) is 5.76 Å². The summed E-state index contributed by atoms with van der Waals surface area (Å²) in [6.07, 6.45) is 1.57. The number of thioether (sulfide) groups is 1. The molecule has 176 valence electrons. The van der Waals surface area contributed by atoms with Gasteiger partial charge in [0.1, 0.15) is 11.6 Å². The summed E-state index contributed by atoms with van der Waals surface area (Å²) in [4.78, 5) is 21.5. The minimum Gasteiger partial charge on any atom is -0.493 e. The molecule has 2 aromatic carbocycles. The van der Waals surface area contributed by atoms with Gasteiger partial charge in [0.15, 0.2) is 16.7 Å². The third-order valence-corrected chi connectivity index (χ3v) is 5.73. The van der Waals surface area contributed by atoms with Crippen LogP contribution in [-0.2, 0) is 11.3 Å². The van der Waals surface area contributed by atoms with Crippen molar-refractivity contribution in [2.24, 2.45) is 0 Å². The minimum atomic E-state index is -0.141. The largest absolute Gasteiger partial charge is 0.493 e. The van der Waals surface area contributed by atoms with Gasteiger partial charge in [-0.3, -0.25) is 4.79 Å². The number of carbonyl (C=O) groups excluding carboxylic acids is 1. The number of hydrogen-bond acceptors (Lipinski definition) is 9. The SMILES string of the molecule is COc1cc(Nc2nc(SCC(=O)NCc3ccco3)nc3ccccc23)cc(OC)c1OC. The van der Waals surface area contributed by atoms with Gasteiger partial charge in [-0.25, -0.2) is 9.97 Å². The maximum absolute atomic E-state index is 12.3. The zero-order chi connectivity index (χ0) is 23.9. The second-order valence-electron chi connectivity index (χ2n) is 7.06. The van der Waals surface area contributed by atoms with Crippen LogP contribution in [0.3, 0.4) is 0 Å². The van der Waals surface area contributed by atoms with Gasteiger partial charge in [-0.15, -0.1) is 0 Å². The molecular formula is C24H24N4O5S. The molecule has 0 saturated heterocycles. The molecule has 2 N–H and O–H groups in total. The first-order valence-electron chi connectivity index (χ1n) is 10.4. The van der Waals surface area contributed by atoms with Gasteiger partial charge >= 0.3 is 0 Å². The first-order valence-corrected chi connectivity index (χ1v) is 11.4. The molecule has 1 amide bonds. The molecular weight excluding hydrogens is 456 g/mol. The molecule has 2 aromatic heterocycles. The molecule has 0 bridgehead atoms. The molecule has 0 saturated carbocycles. The minimum absolute atomic E-state index is 0.141. The van der Waals surface area contributed by atoms with Gasteiger partial charge in [0.25, 0.3) is 0 Å². The highest BCUT2D eigenvalue weighted by molar-refractivity contribution is 7.99. The first kappa shape index (κ1) is 23.2. The Morgan fingerprint density at radius 3 is 2.44 bits per heavy atom. The molecule has 4 aromatic rings. The van der Waals surface area contributed by atoms with Crippen LogP contribution in [-0.4, -0.2) is 43.0 Å². The third kappa shape index (κ3) is 5.34. The summed E-state index contributed by atoms with van der Waals surface area (Å²) in [5.41, 5.74) is 1.46. The lowest BCUT2D eigenvalue weighted by Crippen LogP contribution is -2.24. The fraction of sp³-hybridized carbons (Fsp3) is 0.208. The normalized spacial score (nSPS) is 10.7. The Hall–Kier alpha value is -3.92. The van der Waals surface area contributed by atoms with Crippen molar-refractivity contribution >= 4 is 40.1 Å². The average Bonchev–Trinajstić information content (AvgIpc) is 3.39. The highest BCUT2D eigenvalue weighted by Gasteiger charge is 2.15. The van der Waals surface area contributed by atoms with Crippen LogP contribution in [0.15, 0.2) is 64.4 Å². The van der Waals surface area contributed by atoms with Gasteiger partial charge in [-0.05, 0) is 24.3 Å². The molecule has 0 unspecified atom stereocenters. The fourth-order valence-electron chi connectivity index (χ4n) is 3.29. The van der Waals surface area contributed by atoms with Crippen LogP contribution < -0.4 is 24.8 Å². The van der Waals surface area contributed by atoms with Gasteiger partial charge in [0.2, 0.25) is 11.7 Å². The van der Waals surface area contributed by atoms with Crippen LogP contribution in [0.2, 0.25) is 0 Å².